The second-order valence-electron chi connectivity index (χ2n) is 4.13. The number of aryl methyl sites for hydroxylation is 1. The summed E-state index contributed by atoms with van der Waals surface area (Å²) in [5.41, 5.74) is 8.07. The van der Waals surface area contributed by atoms with E-state index < -0.39 is 5.82 Å². The van der Waals surface area contributed by atoms with Crippen LogP contribution in [0.4, 0.5) is 10.1 Å². The molecule has 0 spiro atoms. The van der Waals surface area contributed by atoms with E-state index in [2.05, 4.69) is 10.1 Å². The average molecular weight is 275 g/mol. The standard InChI is InChI=1S/C13H10FN3OS/c1-7-5-19-6-10(7)12-16-13(18-17-12)9-3-2-8(15)4-11(9)14/h2-6H,15H2,1H3. The fourth-order valence-electron chi connectivity index (χ4n) is 1.74. The Morgan fingerprint density at radius 2 is 2.11 bits per heavy atom. The highest BCUT2D eigenvalue weighted by atomic mass is 32.1. The van der Waals surface area contributed by atoms with Gasteiger partial charge in [0.15, 0.2) is 0 Å². The summed E-state index contributed by atoms with van der Waals surface area (Å²) in [5.74, 6) is 0.139. The number of halogens is 1. The summed E-state index contributed by atoms with van der Waals surface area (Å²) >= 11 is 1.56. The summed E-state index contributed by atoms with van der Waals surface area (Å²) in [4.78, 5) is 4.22. The van der Waals surface area contributed by atoms with Crippen LogP contribution in [0.5, 0.6) is 0 Å². The van der Waals surface area contributed by atoms with Gasteiger partial charge in [0.2, 0.25) is 5.82 Å². The zero-order chi connectivity index (χ0) is 13.4. The molecule has 6 heteroatoms. The molecule has 0 aliphatic rings. The molecule has 0 bridgehead atoms. The van der Waals surface area contributed by atoms with Crippen molar-refractivity contribution in [1.29, 1.82) is 0 Å². The van der Waals surface area contributed by atoms with Crippen molar-refractivity contribution in [2.24, 2.45) is 0 Å². The minimum atomic E-state index is -0.475. The van der Waals surface area contributed by atoms with E-state index in [1.54, 1.807) is 17.4 Å². The highest BCUT2D eigenvalue weighted by Gasteiger charge is 2.15. The molecule has 0 saturated carbocycles. The molecule has 0 saturated heterocycles. The van der Waals surface area contributed by atoms with Crippen LogP contribution >= 0.6 is 11.3 Å². The second-order valence-corrected chi connectivity index (χ2v) is 4.87. The molecule has 19 heavy (non-hydrogen) atoms. The third-order valence-electron chi connectivity index (χ3n) is 2.75. The predicted molar refractivity (Wildman–Crippen MR) is 72.2 cm³/mol. The summed E-state index contributed by atoms with van der Waals surface area (Å²) in [6.45, 7) is 1.96. The number of aromatic nitrogens is 2. The van der Waals surface area contributed by atoms with Crippen LogP contribution in [0.15, 0.2) is 33.5 Å². The Labute approximate surface area is 112 Å². The van der Waals surface area contributed by atoms with Crippen LogP contribution < -0.4 is 5.73 Å². The highest BCUT2D eigenvalue weighted by Crippen LogP contribution is 2.28. The van der Waals surface area contributed by atoms with E-state index in [1.165, 1.54) is 12.1 Å². The number of anilines is 1. The molecule has 0 fully saturated rings. The van der Waals surface area contributed by atoms with Gasteiger partial charge in [0.1, 0.15) is 5.82 Å². The van der Waals surface area contributed by atoms with Crippen LogP contribution in [0.25, 0.3) is 22.8 Å². The van der Waals surface area contributed by atoms with Crippen molar-refractivity contribution in [3.8, 4) is 22.8 Å². The van der Waals surface area contributed by atoms with Crippen LogP contribution in [0.1, 0.15) is 5.56 Å². The average Bonchev–Trinajstić information content (AvgIpc) is 2.97. The van der Waals surface area contributed by atoms with Crippen molar-refractivity contribution in [2.45, 2.75) is 6.92 Å². The summed E-state index contributed by atoms with van der Waals surface area (Å²) in [6, 6.07) is 4.36. The molecule has 0 aliphatic heterocycles. The molecule has 2 N–H and O–H groups in total. The van der Waals surface area contributed by atoms with Crippen LogP contribution in [0.2, 0.25) is 0 Å². The van der Waals surface area contributed by atoms with Gasteiger partial charge in [0.05, 0.1) is 5.56 Å². The van der Waals surface area contributed by atoms with E-state index in [-0.39, 0.29) is 11.5 Å². The zero-order valence-corrected chi connectivity index (χ0v) is 10.9. The zero-order valence-electron chi connectivity index (χ0n) is 10.1. The molecule has 3 aromatic rings. The predicted octanol–water partition coefficient (Wildman–Crippen LogP) is 3.49. The van der Waals surface area contributed by atoms with Crippen LogP contribution in [-0.2, 0) is 0 Å². The van der Waals surface area contributed by atoms with Gasteiger partial charge in [-0.2, -0.15) is 16.3 Å². The number of benzene rings is 1. The quantitative estimate of drug-likeness (QED) is 0.727. The normalized spacial score (nSPS) is 10.8. The van der Waals surface area contributed by atoms with Crippen molar-refractivity contribution < 1.29 is 8.91 Å². The van der Waals surface area contributed by atoms with Crippen molar-refractivity contribution >= 4 is 17.0 Å². The molecule has 0 amide bonds. The van der Waals surface area contributed by atoms with Crippen molar-refractivity contribution in [3.63, 3.8) is 0 Å². The molecular formula is C13H10FN3OS. The lowest BCUT2D eigenvalue weighted by molar-refractivity contribution is 0.429. The number of hydrogen-bond donors (Lipinski definition) is 1. The maximum absolute atomic E-state index is 13.8. The summed E-state index contributed by atoms with van der Waals surface area (Å²) in [6.07, 6.45) is 0. The Morgan fingerprint density at radius 3 is 2.79 bits per heavy atom. The lowest BCUT2D eigenvalue weighted by atomic mass is 10.2. The number of nitrogens with two attached hydrogens (primary N) is 1. The van der Waals surface area contributed by atoms with Gasteiger partial charge in [0.25, 0.3) is 5.89 Å². The molecule has 2 aromatic heterocycles. The Bertz CT molecular complexity index is 735. The third kappa shape index (κ3) is 2.10. The van der Waals surface area contributed by atoms with Crippen molar-refractivity contribution in [2.75, 3.05) is 5.73 Å². The smallest absolute Gasteiger partial charge is 0.261 e. The minimum absolute atomic E-state index is 0.151. The minimum Gasteiger partial charge on any atom is -0.399 e. The first kappa shape index (κ1) is 11.9. The van der Waals surface area contributed by atoms with Crippen LogP contribution in [-0.4, -0.2) is 10.1 Å². The van der Waals surface area contributed by atoms with Gasteiger partial charge in [-0.05, 0) is 36.1 Å². The fraction of sp³-hybridized carbons (Fsp3) is 0.0769. The lowest BCUT2D eigenvalue weighted by Gasteiger charge is -1.98. The lowest BCUT2D eigenvalue weighted by Crippen LogP contribution is -1.89. The molecule has 1 aromatic carbocycles. The molecule has 3 rings (SSSR count). The molecule has 2 heterocycles. The molecule has 96 valence electrons. The first-order valence-corrected chi connectivity index (χ1v) is 6.51. The topological polar surface area (TPSA) is 64.9 Å². The van der Waals surface area contributed by atoms with Crippen LogP contribution in [0, 0.1) is 12.7 Å². The van der Waals surface area contributed by atoms with E-state index >= 15 is 0 Å². The van der Waals surface area contributed by atoms with Crippen LogP contribution in [0.3, 0.4) is 0 Å². The van der Waals surface area contributed by atoms with E-state index in [9.17, 15) is 4.39 Å². The largest absolute Gasteiger partial charge is 0.399 e. The van der Waals surface area contributed by atoms with Gasteiger partial charge in [0, 0.05) is 16.6 Å². The number of thiophene rings is 1. The molecular weight excluding hydrogens is 265 g/mol. The Kier molecular flexibility index (Phi) is 2.79. The highest BCUT2D eigenvalue weighted by molar-refractivity contribution is 7.08. The van der Waals surface area contributed by atoms with E-state index in [1.807, 2.05) is 17.7 Å². The van der Waals surface area contributed by atoms with Crippen molar-refractivity contribution in [3.05, 3.63) is 40.3 Å². The van der Waals surface area contributed by atoms with Crippen molar-refractivity contribution in [1.82, 2.24) is 10.1 Å². The maximum atomic E-state index is 13.8. The summed E-state index contributed by atoms with van der Waals surface area (Å²) in [7, 11) is 0. The van der Waals surface area contributed by atoms with E-state index in [4.69, 9.17) is 10.3 Å². The first-order valence-electron chi connectivity index (χ1n) is 5.57. The van der Waals surface area contributed by atoms with Gasteiger partial charge >= 0.3 is 0 Å². The van der Waals surface area contributed by atoms with E-state index in [0.29, 0.717) is 11.5 Å². The molecule has 0 atom stereocenters. The van der Waals surface area contributed by atoms with Gasteiger partial charge in [-0.15, -0.1) is 0 Å². The maximum Gasteiger partial charge on any atom is 0.261 e. The Balaban J connectivity index is 2.04. The Hall–Kier alpha value is -2.21. The van der Waals surface area contributed by atoms with Gasteiger partial charge < -0.3 is 10.3 Å². The third-order valence-corrected chi connectivity index (χ3v) is 3.61. The van der Waals surface area contributed by atoms with Gasteiger partial charge in [-0.3, -0.25) is 0 Å². The number of hydrogen-bond acceptors (Lipinski definition) is 5. The molecule has 0 aliphatic carbocycles. The van der Waals surface area contributed by atoms with Gasteiger partial charge in [-0.1, -0.05) is 5.16 Å². The number of rotatable bonds is 2. The van der Waals surface area contributed by atoms with E-state index in [0.717, 1.165) is 11.1 Å². The SMILES string of the molecule is Cc1cscc1-c1noc(-c2ccc(N)cc2F)n1. The Morgan fingerprint density at radius 1 is 1.26 bits per heavy atom. The monoisotopic (exact) mass is 275 g/mol. The van der Waals surface area contributed by atoms with Gasteiger partial charge in [-0.25, -0.2) is 4.39 Å². The number of nitrogens with zero attached hydrogens (tertiary/aromatic N) is 2. The molecule has 4 nitrogen and oxygen atoms in total. The summed E-state index contributed by atoms with van der Waals surface area (Å²) < 4.78 is 18.9. The molecule has 0 radical (unpaired) electrons. The summed E-state index contributed by atoms with van der Waals surface area (Å²) in [5, 5.41) is 7.81. The number of nitrogen functional groups attached to an aromatic ring is 1. The second kappa shape index (κ2) is 4.47. The fourth-order valence-corrected chi connectivity index (χ4v) is 2.56. The molecule has 0 unspecified atom stereocenters. The first-order chi connectivity index (χ1) is 9.15.